The van der Waals surface area contributed by atoms with E-state index in [0.29, 0.717) is 6.04 Å². The number of nitrogens with one attached hydrogen (secondary N) is 1. The molecule has 0 aromatic carbocycles. The molecule has 0 radical (unpaired) electrons. The van der Waals surface area contributed by atoms with Gasteiger partial charge in [0.1, 0.15) is 0 Å². The molecule has 1 heterocycles. The maximum absolute atomic E-state index is 4.64. The second-order valence-electron chi connectivity index (χ2n) is 5.05. The van der Waals surface area contributed by atoms with Crippen molar-refractivity contribution in [2.75, 3.05) is 5.32 Å². The van der Waals surface area contributed by atoms with Gasteiger partial charge in [-0.1, -0.05) is 13.3 Å². The summed E-state index contributed by atoms with van der Waals surface area (Å²) in [5.41, 5.74) is 2.48. The van der Waals surface area contributed by atoms with Crippen molar-refractivity contribution in [3.05, 3.63) is 17.5 Å². The van der Waals surface area contributed by atoms with Gasteiger partial charge < -0.3 is 5.32 Å². The Morgan fingerprint density at radius 3 is 2.69 bits per heavy atom. The first kappa shape index (κ1) is 10.1. The first-order valence-electron chi connectivity index (χ1n) is 6.49. The van der Waals surface area contributed by atoms with E-state index in [2.05, 4.69) is 28.3 Å². The predicted octanol–water partition coefficient (Wildman–Crippen LogP) is 2.88. The van der Waals surface area contributed by atoms with Crippen LogP contribution in [0.4, 0.5) is 5.95 Å². The van der Waals surface area contributed by atoms with Gasteiger partial charge in [-0.15, -0.1) is 0 Å². The number of aryl methyl sites for hydroxylation is 1. The van der Waals surface area contributed by atoms with Crippen LogP contribution in [0.3, 0.4) is 0 Å². The van der Waals surface area contributed by atoms with Gasteiger partial charge in [0, 0.05) is 23.3 Å². The Balaban J connectivity index is 1.83. The van der Waals surface area contributed by atoms with E-state index in [9.17, 15) is 0 Å². The normalized spacial score (nSPS) is 19.8. The van der Waals surface area contributed by atoms with Gasteiger partial charge in [-0.05, 0) is 38.2 Å². The van der Waals surface area contributed by atoms with Crippen molar-refractivity contribution in [3.8, 4) is 0 Å². The lowest BCUT2D eigenvalue weighted by molar-refractivity contribution is 0.851. The van der Waals surface area contributed by atoms with Crippen LogP contribution < -0.4 is 5.32 Å². The molecule has 16 heavy (non-hydrogen) atoms. The zero-order valence-electron chi connectivity index (χ0n) is 9.87. The van der Waals surface area contributed by atoms with Crippen LogP contribution in [0.1, 0.15) is 56.3 Å². The fraction of sp³-hybridized carbons (Fsp3) is 0.692. The van der Waals surface area contributed by atoms with E-state index in [0.717, 1.165) is 24.7 Å². The molecule has 2 aliphatic rings. The Morgan fingerprint density at radius 2 is 2.06 bits per heavy atom. The lowest BCUT2D eigenvalue weighted by atomic mass is 10.2. The zero-order valence-corrected chi connectivity index (χ0v) is 9.87. The third-order valence-electron chi connectivity index (χ3n) is 3.21. The Morgan fingerprint density at radius 1 is 1.25 bits per heavy atom. The second-order valence-corrected chi connectivity index (χ2v) is 5.05. The van der Waals surface area contributed by atoms with Crippen molar-refractivity contribution in [2.24, 2.45) is 0 Å². The number of rotatable bonds is 5. The highest BCUT2D eigenvalue weighted by Crippen LogP contribution is 2.39. The summed E-state index contributed by atoms with van der Waals surface area (Å²) in [6.45, 7) is 2.20. The first-order chi connectivity index (χ1) is 7.85. The van der Waals surface area contributed by atoms with Crippen LogP contribution in [0, 0.1) is 0 Å². The van der Waals surface area contributed by atoms with Gasteiger partial charge in [-0.3, -0.25) is 0 Å². The van der Waals surface area contributed by atoms with E-state index in [-0.39, 0.29) is 0 Å². The second kappa shape index (κ2) is 4.04. The van der Waals surface area contributed by atoms with Crippen LogP contribution >= 0.6 is 0 Å². The summed E-state index contributed by atoms with van der Waals surface area (Å²) in [5.74, 6) is 1.59. The van der Waals surface area contributed by atoms with E-state index in [1.807, 2.05) is 0 Å². The standard InChI is InChI=1S/C13H19N3/c1-2-3-11-8-12(9-4-5-9)16-13(15-11)14-10-6-7-10/h8-10H,2-7H2,1H3,(H,14,15,16). The van der Waals surface area contributed by atoms with Crippen LogP contribution in [-0.2, 0) is 6.42 Å². The molecular formula is C13H19N3. The minimum absolute atomic E-state index is 0.643. The molecule has 0 bridgehead atoms. The van der Waals surface area contributed by atoms with E-state index in [4.69, 9.17) is 0 Å². The number of anilines is 1. The molecule has 2 aliphatic carbocycles. The molecule has 0 unspecified atom stereocenters. The molecule has 0 saturated heterocycles. The van der Waals surface area contributed by atoms with Crippen molar-refractivity contribution < 1.29 is 0 Å². The number of hydrogen-bond donors (Lipinski definition) is 1. The van der Waals surface area contributed by atoms with Crippen molar-refractivity contribution in [2.45, 2.75) is 57.4 Å². The quantitative estimate of drug-likeness (QED) is 0.824. The Bertz CT molecular complexity index is 381. The van der Waals surface area contributed by atoms with Gasteiger partial charge in [0.25, 0.3) is 0 Å². The lowest BCUT2D eigenvalue weighted by Crippen LogP contribution is -2.08. The van der Waals surface area contributed by atoms with Crippen molar-refractivity contribution in [3.63, 3.8) is 0 Å². The molecule has 1 aromatic heterocycles. The molecule has 2 saturated carbocycles. The minimum atomic E-state index is 0.643. The molecule has 0 atom stereocenters. The third kappa shape index (κ3) is 2.34. The van der Waals surface area contributed by atoms with Crippen molar-refractivity contribution >= 4 is 5.95 Å². The van der Waals surface area contributed by atoms with E-state index < -0.39 is 0 Å². The van der Waals surface area contributed by atoms with E-state index in [1.54, 1.807) is 0 Å². The molecule has 0 aliphatic heterocycles. The highest BCUT2D eigenvalue weighted by Gasteiger charge is 2.27. The molecule has 3 heteroatoms. The smallest absolute Gasteiger partial charge is 0.223 e. The molecule has 0 amide bonds. The van der Waals surface area contributed by atoms with Gasteiger partial charge in [-0.25, -0.2) is 9.97 Å². The highest BCUT2D eigenvalue weighted by molar-refractivity contribution is 5.33. The molecule has 0 spiro atoms. The number of hydrogen-bond acceptors (Lipinski definition) is 3. The van der Waals surface area contributed by atoms with E-state index >= 15 is 0 Å². The summed E-state index contributed by atoms with van der Waals surface area (Å²) in [6.07, 6.45) is 7.41. The monoisotopic (exact) mass is 217 g/mol. The summed E-state index contributed by atoms with van der Waals surface area (Å²) in [7, 11) is 0. The molecule has 86 valence electrons. The fourth-order valence-corrected chi connectivity index (χ4v) is 1.97. The van der Waals surface area contributed by atoms with Crippen LogP contribution in [0.5, 0.6) is 0 Å². The van der Waals surface area contributed by atoms with Gasteiger partial charge in [0.05, 0.1) is 0 Å². The summed E-state index contributed by atoms with van der Waals surface area (Å²) in [4.78, 5) is 9.23. The van der Waals surface area contributed by atoms with E-state index in [1.165, 1.54) is 37.1 Å². The number of nitrogens with zero attached hydrogens (tertiary/aromatic N) is 2. The summed E-state index contributed by atoms with van der Waals surface area (Å²) in [6, 6.07) is 2.85. The largest absolute Gasteiger partial charge is 0.351 e. The van der Waals surface area contributed by atoms with Gasteiger partial charge in [0.2, 0.25) is 5.95 Å². The molecule has 3 rings (SSSR count). The minimum Gasteiger partial charge on any atom is -0.351 e. The number of aromatic nitrogens is 2. The molecule has 2 fully saturated rings. The Labute approximate surface area is 96.7 Å². The maximum atomic E-state index is 4.64. The summed E-state index contributed by atoms with van der Waals surface area (Å²) in [5, 5.41) is 3.42. The Kier molecular flexibility index (Phi) is 2.54. The van der Waals surface area contributed by atoms with Crippen LogP contribution in [-0.4, -0.2) is 16.0 Å². The molecule has 1 aromatic rings. The lowest BCUT2D eigenvalue weighted by Gasteiger charge is -2.08. The van der Waals surface area contributed by atoms with Gasteiger partial charge >= 0.3 is 0 Å². The van der Waals surface area contributed by atoms with Gasteiger partial charge in [0.15, 0.2) is 0 Å². The topological polar surface area (TPSA) is 37.8 Å². The predicted molar refractivity (Wildman–Crippen MR) is 64.6 cm³/mol. The summed E-state index contributed by atoms with van der Waals surface area (Å²) >= 11 is 0. The molecule has 1 N–H and O–H groups in total. The van der Waals surface area contributed by atoms with Gasteiger partial charge in [-0.2, -0.15) is 0 Å². The zero-order chi connectivity index (χ0) is 11.0. The van der Waals surface area contributed by atoms with Crippen LogP contribution in [0.25, 0.3) is 0 Å². The Hall–Kier alpha value is -1.12. The fourth-order valence-electron chi connectivity index (χ4n) is 1.97. The van der Waals surface area contributed by atoms with Crippen LogP contribution in [0.2, 0.25) is 0 Å². The summed E-state index contributed by atoms with van der Waals surface area (Å²) < 4.78 is 0. The molecular weight excluding hydrogens is 198 g/mol. The average molecular weight is 217 g/mol. The molecule has 3 nitrogen and oxygen atoms in total. The van der Waals surface area contributed by atoms with Crippen molar-refractivity contribution in [1.82, 2.24) is 9.97 Å². The average Bonchev–Trinajstić information content (AvgIpc) is 3.13. The first-order valence-corrected chi connectivity index (χ1v) is 6.49. The SMILES string of the molecule is CCCc1cc(C2CC2)nc(NC2CC2)n1. The highest BCUT2D eigenvalue weighted by atomic mass is 15.1. The van der Waals surface area contributed by atoms with Crippen molar-refractivity contribution in [1.29, 1.82) is 0 Å². The third-order valence-corrected chi connectivity index (χ3v) is 3.21. The maximum Gasteiger partial charge on any atom is 0.223 e. The van der Waals surface area contributed by atoms with Crippen LogP contribution in [0.15, 0.2) is 6.07 Å².